The lowest BCUT2D eigenvalue weighted by Crippen LogP contribution is -2.43. The van der Waals surface area contributed by atoms with Gasteiger partial charge in [-0.05, 0) is 12.1 Å². The van der Waals surface area contributed by atoms with Gasteiger partial charge < -0.3 is 20.3 Å². The molecule has 0 saturated carbocycles. The first-order valence-electron chi connectivity index (χ1n) is 5.37. The minimum atomic E-state index is -1.48. The van der Waals surface area contributed by atoms with Crippen LogP contribution in [0.25, 0.3) is 0 Å². The predicted molar refractivity (Wildman–Crippen MR) is 65.6 cm³/mol. The average molecular weight is 284 g/mol. The molecule has 0 saturated heterocycles. The first kappa shape index (κ1) is 15.4. The SMILES string of the molecule is COc1ccc(C(=O)NC(CO)C(=O)O)cc1[N+](=O)[O-]. The molecule has 0 spiro atoms. The van der Waals surface area contributed by atoms with Crippen LogP contribution in [0.1, 0.15) is 10.4 Å². The summed E-state index contributed by atoms with van der Waals surface area (Å²) in [4.78, 5) is 32.5. The van der Waals surface area contributed by atoms with E-state index in [1.165, 1.54) is 19.2 Å². The predicted octanol–water partition coefficient (Wildman–Crippen LogP) is -0.221. The average Bonchev–Trinajstić information content (AvgIpc) is 2.43. The molecule has 1 aromatic rings. The maximum atomic E-state index is 11.7. The van der Waals surface area contributed by atoms with E-state index in [2.05, 4.69) is 0 Å². The number of nitro benzene ring substituents is 1. The van der Waals surface area contributed by atoms with Crippen molar-refractivity contribution < 1.29 is 29.5 Å². The standard InChI is InChI=1S/C11H12N2O7/c1-20-9-3-2-6(4-8(9)13(18)19)10(15)12-7(5-14)11(16)17/h2-4,7,14H,5H2,1H3,(H,12,15)(H,16,17). The fourth-order valence-corrected chi connectivity index (χ4v) is 1.40. The second-order valence-electron chi connectivity index (χ2n) is 3.69. The van der Waals surface area contributed by atoms with E-state index in [-0.39, 0.29) is 11.3 Å². The molecule has 0 bridgehead atoms. The maximum Gasteiger partial charge on any atom is 0.328 e. The van der Waals surface area contributed by atoms with Gasteiger partial charge in [0.25, 0.3) is 5.91 Å². The van der Waals surface area contributed by atoms with Crippen LogP contribution in [-0.2, 0) is 4.79 Å². The summed E-state index contributed by atoms with van der Waals surface area (Å²) in [7, 11) is 1.24. The van der Waals surface area contributed by atoms with Crippen molar-refractivity contribution in [3.8, 4) is 5.75 Å². The molecule has 3 N–H and O–H groups in total. The summed E-state index contributed by atoms with van der Waals surface area (Å²) in [5.41, 5.74) is -0.534. The second-order valence-corrected chi connectivity index (χ2v) is 3.69. The lowest BCUT2D eigenvalue weighted by atomic mass is 10.1. The van der Waals surface area contributed by atoms with Gasteiger partial charge in [-0.1, -0.05) is 0 Å². The van der Waals surface area contributed by atoms with Gasteiger partial charge in [0.05, 0.1) is 18.6 Å². The van der Waals surface area contributed by atoms with Crippen LogP contribution in [0.2, 0.25) is 0 Å². The largest absolute Gasteiger partial charge is 0.490 e. The van der Waals surface area contributed by atoms with Crippen LogP contribution >= 0.6 is 0 Å². The molecule has 0 fully saturated rings. The number of ether oxygens (including phenoxy) is 1. The number of aliphatic carboxylic acids is 1. The number of benzene rings is 1. The number of rotatable bonds is 6. The number of aliphatic hydroxyl groups excluding tert-OH is 1. The van der Waals surface area contributed by atoms with Crippen molar-refractivity contribution in [2.24, 2.45) is 0 Å². The van der Waals surface area contributed by atoms with Crippen LogP contribution in [0, 0.1) is 10.1 Å². The number of aliphatic hydroxyl groups is 1. The Morgan fingerprint density at radius 3 is 2.60 bits per heavy atom. The van der Waals surface area contributed by atoms with E-state index in [0.29, 0.717) is 0 Å². The lowest BCUT2D eigenvalue weighted by molar-refractivity contribution is -0.385. The first-order valence-corrected chi connectivity index (χ1v) is 5.37. The van der Waals surface area contributed by atoms with Crippen LogP contribution in [0.5, 0.6) is 5.75 Å². The smallest absolute Gasteiger partial charge is 0.328 e. The number of carboxylic acids is 1. The molecule has 0 aromatic heterocycles. The normalized spacial score (nSPS) is 11.5. The Bertz CT molecular complexity index is 544. The summed E-state index contributed by atoms with van der Waals surface area (Å²) in [5.74, 6) is -2.29. The molecule has 0 radical (unpaired) electrons. The van der Waals surface area contributed by atoms with Crippen molar-refractivity contribution in [2.75, 3.05) is 13.7 Å². The van der Waals surface area contributed by atoms with Crippen LogP contribution in [-0.4, -0.2) is 46.8 Å². The van der Waals surface area contributed by atoms with Gasteiger partial charge in [0.15, 0.2) is 11.8 Å². The van der Waals surface area contributed by atoms with E-state index < -0.39 is 35.1 Å². The lowest BCUT2D eigenvalue weighted by Gasteiger charge is -2.11. The Morgan fingerprint density at radius 2 is 2.15 bits per heavy atom. The van der Waals surface area contributed by atoms with Crippen molar-refractivity contribution in [3.05, 3.63) is 33.9 Å². The van der Waals surface area contributed by atoms with Gasteiger partial charge in [-0.25, -0.2) is 4.79 Å². The molecule has 0 heterocycles. The number of carboxylic acid groups (broad SMARTS) is 1. The fraction of sp³-hybridized carbons (Fsp3) is 0.273. The number of carbonyl (C=O) groups excluding carboxylic acids is 1. The highest BCUT2D eigenvalue weighted by Crippen LogP contribution is 2.27. The van der Waals surface area contributed by atoms with Crippen LogP contribution in [0.4, 0.5) is 5.69 Å². The van der Waals surface area contributed by atoms with Gasteiger partial charge in [0.2, 0.25) is 0 Å². The van der Waals surface area contributed by atoms with Gasteiger partial charge in [-0.3, -0.25) is 14.9 Å². The van der Waals surface area contributed by atoms with E-state index >= 15 is 0 Å². The van der Waals surface area contributed by atoms with Crippen LogP contribution in [0.3, 0.4) is 0 Å². The Labute approximate surface area is 112 Å². The molecule has 1 aromatic carbocycles. The summed E-state index contributed by atoms with van der Waals surface area (Å²) in [5, 5.41) is 30.3. The molecule has 0 aliphatic heterocycles. The Hall–Kier alpha value is -2.68. The minimum absolute atomic E-state index is 0.0245. The number of hydrogen-bond donors (Lipinski definition) is 3. The fourth-order valence-electron chi connectivity index (χ4n) is 1.40. The maximum absolute atomic E-state index is 11.7. The van der Waals surface area contributed by atoms with Crippen LogP contribution in [0.15, 0.2) is 18.2 Å². The first-order chi connectivity index (χ1) is 9.40. The number of methoxy groups -OCH3 is 1. The van der Waals surface area contributed by atoms with E-state index in [1.807, 2.05) is 5.32 Å². The zero-order chi connectivity index (χ0) is 15.3. The highest BCUT2D eigenvalue weighted by atomic mass is 16.6. The summed E-state index contributed by atoms with van der Waals surface area (Å²) in [6.45, 7) is -0.792. The van der Waals surface area contributed by atoms with Crippen molar-refractivity contribution in [3.63, 3.8) is 0 Å². The molecule has 1 amide bonds. The molecule has 1 rings (SSSR count). The molecule has 20 heavy (non-hydrogen) atoms. The molecule has 1 unspecified atom stereocenters. The Kier molecular flexibility index (Phi) is 4.98. The summed E-state index contributed by atoms with van der Waals surface area (Å²) in [6.07, 6.45) is 0. The quantitative estimate of drug-likeness (QED) is 0.484. The molecule has 9 heteroatoms. The summed E-state index contributed by atoms with van der Waals surface area (Å²) >= 11 is 0. The number of hydrogen-bond acceptors (Lipinski definition) is 6. The van der Waals surface area contributed by atoms with Crippen molar-refractivity contribution >= 4 is 17.6 Å². The highest BCUT2D eigenvalue weighted by Gasteiger charge is 2.22. The molecule has 0 aliphatic carbocycles. The third-order valence-corrected chi connectivity index (χ3v) is 2.42. The molecular formula is C11H12N2O7. The van der Waals surface area contributed by atoms with E-state index in [0.717, 1.165) is 6.07 Å². The van der Waals surface area contributed by atoms with Gasteiger partial charge in [0, 0.05) is 11.6 Å². The summed E-state index contributed by atoms with van der Waals surface area (Å²) < 4.78 is 4.77. The number of nitrogens with zero attached hydrogens (tertiary/aromatic N) is 1. The third kappa shape index (κ3) is 3.42. The minimum Gasteiger partial charge on any atom is -0.490 e. The van der Waals surface area contributed by atoms with Gasteiger partial charge in [-0.15, -0.1) is 0 Å². The number of nitrogens with one attached hydrogen (secondary N) is 1. The number of carbonyl (C=O) groups is 2. The summed E-state index contributed by atoms with van der Waals surface area (Å²) in [6, 6.07) is 1.95. The highest BCUT2D eigenvalue weighted by molar-refractivity contribution is 5.97. The second kappa shape index (κ2) is 6.48. The van der Waals surface area contributed by atoms with Crippen molar-refractivity contribution in [1.29, 1.82) is 0 Å². The molecule has 0 aliphatic rings. The zero-order valence-electron chi connectivity index (χ0n) is 10.4. The Balaban J connectivity index is 3.02. The molecule has 108 valence electrons. The van der Waals surface area contributed by atoms with Gasteiger partial charge in [-0.2, -0.15) is 0 Å². The molecule has 9 nitrogen and oxygen atoms in total. The van der Waals surface area contributed by atoms with Crippen molar-refractivity contribution in [2.45, 2.75) is 6.04 Å². The number of amides is 1. The Morgan fingerprint density at radius 1 is 1.50 bits per heavy atom. The van der Waals surface area contributed by atoms with E-state index in [1.54, 1.807) is 0 Å². The van der Waals surface area contributed by atoms with Crippen LogP contribution < -0.4 is 10.1 Å². The van der Waals surface area contributed by atoms with E-state index in [9.17, 15) is 19.7 Å². The van der Waals surface area contributed by atoms with E-state index in [4.69, 9.17) is 14.9 Å². The topological polar surface area (TPSA) is 139 Å². The molecule has 1 atom stereocenters. The third-order valence-electron chi connectivity index (χ3n) is 2.42. The van der Waals surface area contributed by atoms with Gasteiger partial charge >= 0.3 is 11.7 Å². The van der Waals surface area contributed by atoms with Gasteiger partial charge in [0.1, 0.15) is 0 Å². The van der Waals surface area contributed by atoms with Crippen molar-refractivity contribution in [1.82, 2.24) is 5.32 Å². The monoisotopic (exact) mass is 284 g/mol. The molecular weight excluding hydrogens is 272 g/mol. The number of nitro groups is 1. The zero-order valence-corrected chi connectivity index (χ0v) is 10.4.